The molecule has 0 aliphatic rings. The highest BCUT2D eigenvalue weighted by atomic mass is 16.5. The van der Waals surface area contributed by atoms with Crippen molar-refractivity contribution in [1.29, 1.82) is 0 Å². The Balaban J connectivity index is 2.17. The average Bonchev–Trinajstić information content (AvgIpc) is 2.70. The number of ether oxygens (including phenoxy) is 5. The summed E-state index contributed by atoms with van der Waals surface area (Å²) < 4.78 is 25.8. The van der Waals surface area contributed by atoms with Gasteiger partial charge in [0.2, 0.25) is 5.78 Å². The molecule has 138 valence electrons. The molecule has 7 heteroatoms. The standard InChI is InChI=1S/C19H20O7/c1-22-12-8-9-13(17(10-12)25-4)14(20)11-26-19(21)18-15(23-2)6-5-7-16(18)24-3/h5-10H,11H2,1-4H3. The first-order valence-corrected chi connectivity index (χ1v) is 7.69. The summed E-state index contributed by atoms with van der Waals surface area (Å²) in [5, 5.41) is 0. The zero-order valence-electron chi connectivity index (χ0n) is 15.0. The molecule has 7 nitrogen and oxygen atoms in total. The minimum atomic E-state index is -0.722. The molecule has 0 N–H and O–H groups in total. The first-order chi connectivity index (χ1) is 12.5. The lowest BCUT2D eigenvalue weighted by Gasteiger charge is -2.13. The van der Waals surface area contributed by atoms with E-state index in [9.17, 15) is 9.59 Å². The fourth-order valence-corrected chi connectivity index (χ4v) is 2.36. The van der Waals surface area contributed by atoms with Gasteiger partial charge in [-0.25, -0.2) is 4.79 Å². The van der Waals surface area contributed by atoms with Gasteiger partial charge in [-0.15, -0.1) is 0 Å². The third-order valence-corrected chi connectivity index (χ3v) is 3.68. The van der Waals surface area contributed by atoms with Gasteiger partial charge in [-0.05, 0) is 24.3 Å². The molecule has 26 heavy (non-hydrogen) atoms. The van der Waals surface area contributed by atoms with Crippen LogP contribution in [0.2, 0.25) is 0 Å². The van der Waals surface area contributed by atoms with E-state index in [1.165, 1.54) is 28.4 Å². The van der Waals surface area contributed by atoms with Gasteiger partial charge in [-0.1, -0.05) is 6.07 Å². The minimum absolute atomic E-state index is 0.118. The van der Waals surface area contributed by atoms with Gasteiger partial charge >= 0.3 is 5.97 Å². The van der Waals surface area contributed by atoms with Gasteiger partial charge in [-0.3, -0.25) is 4.79 Å². The molecule has 2 aromatic carbocycles. The number of methoxy groups -OCH3 is 4. The summed E-state index contributed by atoms with van der Waals surface area (Å²) in [6, 6.07) is 9.65. The van der Waals surface area contributed by atoms with E-state index in [-0.39, 0.29) is 11.1 Å². The summed E-state index contributed by atoms with van der Waals surface area (Å²) in [6.45, 7) is -0.456. The number of Topliss-reactive ketones (excluding diaryl/α,β-unsaturated/α-hetero) is 1. The van der Waals surface area contributed by atoms with Crippen LogP contribution in [-0.2, 0) is 4.74 Å². The second-order valence-electron chi connectivity index (χ2n) is 5.10. The van der Waals surface area contributed by atoms with Gasteiger partial charge in [0.1, 0.15) is 28.6 Å². The van der Waals surface area contributed by atoms with Crippen LogP contribution in [0.25, 0.3) is 0 Å². The SMILES string of the molecule is COc1ccc(C(=O)COC(=O)c2c(OC)cccc2OC)c(OC)c1. The number of carbonyl (C=O) groups excluding carboxylic acids is 2. The van der Waals surface area contributed by atoms with Gasteiger partial charge in [0.05, 0.1) is 34.0 Å². The van der Waals surface area contributed by atoms with Gasteiger partial charge < -0.3 is 23.7 Å². The van der Waals surface area contributed by atoms with Crippen molar-refractivity contribution in [2.24, 2.45) is 0 Å². The quantitative estimate of drug-likeness (QED) is 0.529. The highest BCUT2D eigenvalue weighted by Crippen LogP contribution is 2.29. The number of hydrogen-bond donors (Lipinski definition) is 0. The van der Waals surface area contributed by atoms with Crippen LogP contribution in [0.15, 0.2) is 36.4 Å². The maximum Gasteiger partial charge on any atom is 0.346 e. The summed E-state index contributed by atoms with van der Waals surface area (Å²) in [4.78, 5) is 24.8. The van der Waals surface area contributed by atoms with Crippen molar-refractivity contribution in [3.05, 3.63) is 47.5 Å². The van der Waals surface area contributed by atoms with Crippen molar-refractivity contribution in [3.63, 3.8) is 0 Å². The second-order valence-corrected chi connectivity index (χ2v) is 5.10. The predicted octanol–water partition coefficient (Wildman–Crippen LogP) is 2.76. The molecule has 0 aromatic heterocycles. The Morgan fingerprint density at radius 3 is 1.96 bits per heavy atom. The third-order valence-electron chi connectivity index (χ3n) is 3.68. The van der Waals surface area contributed by atoms with Crippen LogP contribution < -0.4 is 18.9 Å². The predicted molar refractivity (Wildman–Crippen MR) is 93.7 cm³/mol. The minimum Gasteiger partial charge on any atom is -0.497 e. The first kappa shape index (κ1) is 19.1. The zero-order chi connectivity index (χ0) is 19.1. The molecule has 0 radical (unpaired) electrons. The molecule has 0 fully saturated rings. The van der Waals surface area contributed by atoms with Crippen LogP contribution in [0.3, 0.4) is 0 Å². The summed E-state index contributed by atoms with van der Waals surface area (Å²) in [5.41, 5.74) is 0.403. The fourth-order valence-electron chi connectivity index (χ4n) is 2.36. The number of hydrogen-bond acceptors (Lipinski definition) is 7. The van der Waals surface area contributed by atoms with E-state index in [0.717, 1.165) is 0 Å². The molecular formula is C19H20O7. The number of benzene rings is 2. The van der Waals surface area contributed by atoms with Crippen molar-refractivity contribution < 1.29 is 33.3 Å². The largest absolute Gasteiger partial charge is 0.497 e. The summed E-state index contributed by atoms with van der Waals surface area (Å²) in [6.07, 6.45) is 0. The Labute approximate surface area is 151 Å². The lowest BCUT2D eigenvalue weighted by molar-refractivity contribution is 0.0467. The highest BCUT2D eigenvalue weighted by molar-refractivity contribution is 6.02. The van der Waals surface area contributed by atoms with E-state index >= 15 is 0 Å². The van der Waals surface area contributed by atoms with Gasteiger partial charge in [0, 0.05) is 6.07 Å². The van der Waals surface area contributed by atoms with Crippen LogP contribution in [0, 0.1) is 0 Å². The van der Waals surface area contributed by atoms with Crippen LogP contribution in [0.4, 0.5) is 0 Å². The molecule has 2 aromatic rings. The monoisotopic (exact) mass is 360 g/mol. The molecule has 0 bridgehead atoms. The van der Waals surface area contributed by atoms with E-state index in [4.69, 9.17) is 23.7 Å². The van der Waals surface area contributed by atoms with Gasteiger partial charge in [0.25, 0.3) is 0 Å². The van der Waals surface area contributed by atoms with Crippen molar-refractivity contribution in [1.82, 2.24) is 0 Å². The molecule has 0 atom stereocenters. The molecule has 0 spiro atoms. The summed E-state index contributed by atoms with van der Waals surface area (Å²) in [5.74, 6) is 0.342. The van der Waals surface area contributed by atoms with E-state index in [1.54, 1.807) is 36.4 Å². The Morgan fingerprint density at radius 2 is 1.42 bits per heavy atom. The molecule has 0 heterocycles. The maximum atomic E-state index is 12.4. The van der Waals surface area contributed by atoms with E-state index < -0.39 is 18.4 Å². The topological polar surface area (TPSA) is 80.3 Å². The summed E-state index contributed by atoms with van der Waals surface area (Å²) in [7, 11) is 5.81. The van der Waals surface area contributed by atoms with Crippen molar-refractivity contribution >= 4 is 11.8 Å². The maximum absolute atomic E-state index is 12.4. The van der Waals surface area contributed by atoms with Crippen molar-refractivity contribution in [2.75, 3.05) is 35.0 Å². The van der Waals surface area contributed by atoms with Gasteiger partial charge in [0.15, 0.2) is 6.61 Å². The van der Waals surface area contributed by atoms with Crippen LogP contribution in [0.5, 0.6) is 23.0 Å². The lowest BCUT2D eigenvalue weighted by Crippen LogP contribution is -2.16. The van der Waals surface area contributed by atoms with Crippen molar-refractivity contribution in [2.45, 2.75) is 0 Å². The second kappa shape index (κ2) is 8.75. The van der Waals surface area contributed by atoms with Crippen LogP contribution in [0.1, 0.15) is 20.7 Å². The van der Waals surface area contributed by atoms with Crippen molar-refractivity contribution in [3.8, 4) is 23.0 Å². The smallest absolute Gasteiger partial charge is 0.346 e. The highest BCUT2D eigenvalue weighted by Gasteiger charge is 2.22. The molecule has 0 aliphatic heterocycles. The zero-order valence-corrected chi connectivity index (χ0v) is 15.0. The Kier molecular flexibility index (Phi) is 6.43. The molecule has 0 saturated heterocycles. The molecule has 0 unspecified atom stereocenters. The molecule has 0 saturated carbocycles. The normalized spacial score (nSPS) is 10.0. The number of carbonyl (C=O) groups is 2. The van der Waals surface area contributed by atoms with E-state index in [0.29, 0.717) is 23.0 Å². The fraction of sp³-hybridized carbons (Fsp3) is 0.263. The molecule has 0 aliphatic carbocycles. The molecule has 2 rings (SSSR count). The first-order valence-electron chi connectivity index (χ1n) is 7.69. The number of esters is 1. The number of ketones is 1. The Morgan fingerprint density at radius 1 is 0.808 bits per heavy atom. The molecule has 0 amide bonds. The van der Waals surface area contributed by atoms with E-state index in [1.807, 2.05) is 0 Å². The van der Waals surface area contributed by atoms with Gasteiger partial charge in [-0.2, -0.15) is 0 Å². The summed E-state index contributed by atoms with van der Waals surface area (Å²) >= 11 is 0. The third kappa shape index (κ3) is 4.05. The lowest BCUT2D eigenvalue weighted by atomic mass is 10.1. The van der Waals surface area contributed by atoms with Crippen LogP contribution >= 0.6 is 0 Å². The molecular weight excluding hydrogens is 340 g/mol. The van der Waals surface area contributed by atoms with E-state index in [2.05, 4.69) is 0 Å². The Hall–Kier alpha value is -3.22. The van der Waals surface area contributed by atoms with Crippen LogP contribution in [-0.4, -0.2) is 46.8 Å². The Bertz CT molecular complexity index is 776. The number of rotatable bonds is 8. The average molecular weight is 360 g/mol.